The van der Waals surface area contributed by atoms with Gasteiger partial charge in [-0.25, -0.2) is 4.98 Å². The highest BCUT2D eigenvalue weighted by molar-refractivity contribution is 7.21. The lowest BCUT2D eigenvalue weighted by Gasteiger charge is -2.27. The molecule has 2 aromatic carbocycles. The van der Waals surface area contributed by atoms with Crippen molar-refractivity contribution >= 4 is 33.1 Å². The minimum Gasteiger partial charge on any atom is -0.496 e. The summed E-state index contributed by atoms with van der Waals surface area (Å²) in [4.78, 5) is 21.8. The number of carbonyl (C=O) groups is 1. The largest absolute Gasteiger partial charge is 0.496 e. The molecule has 3 N–H and O–H groups in total. The number of carbonyl (C=O) groups excluding carboxylic acids is 1. The van der Waals surface area contributed by atoms with E-state index in [0.29, 0.717) is 28.6 Å². The van der Waals surface area contributed by atoms with Gasteiger partial charge in [-0.05, 0) is 36.4 Å². The van der Waals surface area contributed by atoms with E-state index in [1.807, 2.05) is 42.5 Å². The number of aromatic nitrogens is 1. The second-order valence-electron chi connectivity index (χ2n) is 9.00. The standard InChI is InChI=1S/C27H26N4O4S/c1-31-10-9-18-17(13-31)22(16-5-3-4-6-19(16)33-2)23-24(28)25(36-27(23)30-18)26(32)29-12-15-7-8-20-21(11-15)35-14-34-20/h3-8,11H,9-10,12-14,28H2,1-2H3,(H,29,32). The van der Waals surface area contributed by atoms with Crippen LogP contribution in [-0.2, 0) is 19.5 Å². The Morgan fingerprint density at radius 2 is 2.06 bits per heavy atom. The zero-order valence-corrected chi connectivity index (χ0v) is 20.9. The van der Waals surface area contributed by atoms with Crippen molar-refractivity contribution in [3.05, 3.63) is 64.2 Å². The van der Waals surface area contributed by atoms with E-state index in [0.717, 1.165) is 63.4 Å². The van der Waals surface area contributed by atoms with Gasteiger partial charge in [-0.1, -0.05) is 24.3 Å². The monoisotopic (exact) mass is 502 g/mol. The molecule has 0 radical (unpaired) electrons. The number of nitrogen functional groups attached to an aromatic ring is 1. The van der Waals surface area contributed by atoms with Crippen LogP contribution in [0.1, 0.15) is 26.5 Å². The summed E-state index contributed by atoms with van der Waals surface area (Å²) in [5.74, 6) is 1.93. The molecule has 4 aromatic rings. The number of nitrogens with two attached hydrogens (primary N) is 1. The number of nitrogens with one attached hydrogen (secondary N) is 1. The fourth-order valence-electron chi connectivity index (χ4n) is 4.89. The summed E-state index contributed by atoms with van der Waals surface area (Å²) in [7, 11) is 3.77. The van der Waals surface area contributed by atoms with Gasteiger partial charge in [0.05, 0.1) is 12.8 Å². The van der Waals surface area contributed by atoms with Gasteiger partial charge in [0.2, 0.25) is 6.79 Å². The van der Waals surface area contributed by atoms with Gasteiger partial charge in [0, 0.05) is 48.3 Å². The summed E-state index contributed by atoms with van der Waals surface area (Å²) in [6.45, 7) is 2.25. The topological polar surface area (TPSA) is 98.9 Å². The number of fused-ring (bicyclic) bond motifs is 3. The maximum atomic E-state index is 13.3. The van der Waals surface area contributed by atoms with Gasteiger partial charge in [-0.2, -0.15) is 0 Å². The summed E-state index contributed by atoms with van der Waals surface area (Å²) >= 11 is 1.34. The number of hydrogen-bond acceptors (Lipinski definition) is 8. The molecule has 36 heavy (non-hydrogen) atoms. The van der Waals surface area contributed by atoms with Crippen LogP contribution in [0, 0.1) is 0 Å². The number of likely N-dealkylation sites (N-methyl/N-ethyl adjacent to an activating group) is 1. The third kappa shape index (κ3) is 3.81. The second kappa shape index (κ2) is 9.00. The number of methoxy groups -OCH3 is 1. The van der Waals surface area contributed by atoms with Crippen LogP contribution in [0.5, 0.6) is 17.2 Å². The first-order valence-corrected chi connectivity index (χ1v) is 12.6. The molecule has 0 saturated heterocycles. The van der Waals surface area contributed by atoms with Gasteiger partial charge in [0.1, 0.15) is 15.5 Å². The SMILES string of the molecule is COc1ccccc1-c1c2c(nc3sc(C(=O)NCc4ccc5c(c4)OCO5)c(N)c13)CCN(C)C2. The van der Waals surface area contributed by atoms with Gasteiger partial charge in [-0.3, -0.25) is 4.79 Å². The van der Waals surface area contributed by atoms with E-state index in [9.17, 15) is 4.79 Å². The molecule has 184 valence electrons. The number of anilines is 1. The first kappa shape index (κ1) is 22.6. The Hall–Kier alpha value is -3.82. The van der Waals surface area contributed by atoms with E-state index in [-0.39, 0.29) is 12.7 Å². The molecule has 2 aliphatic rings. The van der Waals surface area contributed by atoms with Crippen LogP contribution in [0.4, 0.5) is 5.69 Å². The molecular weight excluding hydrogens is 476 g/mol. The fraction of sp³-hybridized carbons (Fsp3) is 0.259. The molecule has 0 unspecified atom stereocenters. The normalized spacial score (nSPS) is 14.6. The lowest BCUT2D eigenvalue weighted by molar-refractivity contribution is 0.0955. The van der Waals surface area contributed by atoms with Crippen LogP contribution in [0.2, 0.25) is 0 Å². The van der Waals surface area contributed by atoms with Crippen molar-refractivity contribution in [2.24, 2.45) is 0 Å². The molecule has 0 aliphatic carbocycles. The Kier molecular flexibility index (Phi) is 5.66. The number of benzene rings is 2. The highest BCUT2D eigenvalue weighted by atomic mass is 32.1. The third-order valence-electron chi connectivity index (χ3n) is 6.69. The zero-order valence-electron chi connectivity index (χ0n) is 20.1. The number of rotatable bonds is 5. The summed E-state index contributed by atoms with van der Waals surface area (Å²) in [5.41, 5.74) is 12.2. The van der Waals surface area contributed by atoms with Crippen LogP contribution in [-0.4, -0.2) is 43.3 Å². The maximum Gasteiger partial charge on any atom is 0.263 e. The van der Waals surface area contributed by atoms with Gasteiger partial charge in [0.15, 0.2) is 11.5 Å². The summed E-state index contributed by atoms with van der Waals surface area (Å²) in [6.07, 6.45) is 0.841. The number of nitrogens with zero attached hydrogens (tertiary/aromatic N) is 2. The highest BCUT2D eigenvalue weighted by Crippen LogP contribution is 2.45. The number of pyridine rings is 1. The number of hydrogen-bond donors (Lipinski definition) is 2. The van der Waals surface area contributed by atoms with E-state index < -0.39 is 0 Å². The number of ether oxygens (including phenoxy) is 3. The average Bonchev–Trinajstić information content (AvgIpc) is 3.50. The summed E-state index contributed by atoms with van der Waals surface area (Å²) in [6, 6.07) is 13.6. The first-order chi connectivity index (χ1) is 17.5. The van der Waals surface area contributed by atoms with E-state index in [2.05, 4.69) is 17.3 Å². The van der Waals surface area contributed by atoms with E-state index in [4.69, 9.17) is 24.9 Å². The average molecular weight is 503 g/mol. The minimum absolute atomic E-state index is 0.213. The Bertz CT molecular complexity index is 1500. The van der Waals surface area contributed by atoms with Crippen LogP contribution in [0.3, 0.4) is 0 Å². The molecule has 0 saturated carbocycles. The molecule has 9 heteroatoms. The van der Waals surface area contributed by atoms with Crippen molar-refractivity contribution in [2.75, 3.05) is 33.2 Å². The predicted octanol–water partition coefficient (Wildman–Crippen LogP) is 4.20. The van der Waals surface area contributed by atoms with Crippen molar-refractivity contribution in [3.63, 3.8) is 0 Å². The Balaban J connectivity index is 1.41. The molecule has 1 amide bonds. The van der Waals surface area contributed by atoms with Crippen molar-refractivity contribution in [1.82, 2.24) is 15.2 Å². The summed E-state index contributed by atoms with van der Waals surface area (Å²) < 4.78 is 16.5. The smallest absolute Gasteiger partial charge is 0.263 e. The summed E-state index contributed by atoms with van der Waals surface area (Å²) in [5, 5.41) is 3.81. The van der Waals surface area contributed by atoms with Gasteiger partial charge in [-0.15, -0.1) is 11.3 Å². The highest BCUT2D eigenvalue weighted by Gasteiger charge is 2.28. The van der Waals surface area contributed by atoms with Crippen LogP contribution < -0.4 is 25.3 Å². The molecule has 2 aromatic heterocycles. The van der Waals surface area contributed by atoms with Gasteiger partial charge in [0.25, 0.3) is 5.91 Å². The van der Waals surface area contributed by atoms with E-state index in [1.54, 1.807) is 7.11 Å². The van der Waals surface area contributed by atoms with E-state index >= 15 is 0 Å². The first-order valence-electron chi connectivity index (χ1n) is 11.8. The number of thiophene rings is 1. The molecule has 6 rings (SSSR count). The van der Waals surface area contributed by atoms with E-state index in [1.165, 1.54) is 11.3 Å². The fourth-order valence-corrected chi connectivity index (χ4v) is 5.93. The van der Waals surface area contributed by atoms with Crippen molar-refractivity contribution in [1.29, 1.82) is 0 Å². The maximum absolute atomic E-state index is 13.3. The Morgan fingerprint density at radius 1 is 1.22 bits per heavy atom. The quantitative estimate of drug-likeness (QED) is 0.422. The molecule has 0 atom stereocenters. The molecule has 0 spiro atoms. The van der Waals surface area contributed by atoms with Crippen LogP contribution in [0.25, 0.3) is 21.3 Å². The number of para-hydroxylation sites is 1. The van der Waals surface area contributed by atoms with Gasteiger partial charge >= 0.3 is 0 Å². The van der Waals surface area contributed by atoms with Crippen molar-refractivity contribution in [3.8, 4) is 28.4 Å². The Morgan fingerprint density at radius 3 is 2.92 bits per heavy atom. The molecular formula is C27H26N4O4S. The minimum atomic E-state index is -0.228. The third-order valence-corrected chi connectivity index (χ3v) is 7.79. The van der Waals surface area contributed by atoms with Crippen molar-refractivity contribution in [2.45, 2.75) is 19.5 Å². The molecule has 0 bridgehead atoms. The van der Waals surface area contributed by atoms with Crippen molar-refractivity contribution < 1.29 is 19.0 Å². The number of amides is 1. The second-order valence-corrected chi connectivity index (χ2v) is 9.99. The molecule has 4 heterocycles. The molecule has 0 fully saturated rings. The predicted molar refractivity (Wildman–Crippen MR) is 140 cm³/mol. The lowest BCUT2D eigenvalue weighted by atomic mass is 9.91. The molecule has 8 nitrogen and oxygen atoms in total. The lowest BCUT2D eigenvalue weighted by Crippen LogP contribution is -2.28. The molecule has 2 aliphatic heterocycles. The zero-order chi connectivity index (χ0) is 24.8. The van der Waals surface area contributed by atoms with Gasteiger partial charge < -0.3 is 30.2 Å². The van der Waals surface area contributed by atoms with Crippen LogP contribution in [0.15, 0.2) is 42.5 Å². The Labute approximate surface area is 212 Å². The van der Waals surface area contributed by atoms with Crippen LogP contribution >= 0.6 is 11.3 Å².